The summed E-state index contributed by atoms with van der Waals surface area (Å²) in [5.41, 5.74) is 0. The number of hydrogen-bond acceptors (Lipinski definition) is 5. The molecule has 10 heteroatoms. The maximum absolute atomic E-state index is 12.2. The molecule has 2 N–H and O–H groups in total. The van der Waals surface area contributed by atoms with Crippen molar-refractivity contribution in [2.75, 3.05) is 26.2 Å². The number of aliphatic carboxylic acids is 1. The fraction of sp³-hybridized carbons (Fsp3) is 0.700. The zero-order chi connectivity index (χ0) is 22.3. The summed E-state index contributed by atoms with van der Waals surface area (Å²) in [5, 5.41) is 12.2. The maximum Gasteiger partial charge on any atom is 0.490 e. The molecule has 1 aromatic heterocycles. The molecule has 6 nitrogen and oxygen atoms in total. The van der Waals surface area contributed by atoms with Crippen LogP contribution in [0.3, 0.4) is 0 Å². The minimum absolute atomic E-state index is 0.121. The summed E-state index contributed by atoms with van der Waals surface area (Å²) in [4.78, 5) is 24.9. The third-order valence-corrected chi connectivity index (χ3v) is 6.40. The number of rotatable bonds is 6. The first-order chi connectivity index (χ1) is 14.1. The minimum atomic E-state index is -5.08. The summed E-state index contributed by atoms with van der Waals surface area (Å²) < 4.78 is 37.7. The molecule has 0 aromatic carbocycles. The largest absolute Gasteiger partial charge is 0.490 e. The quantitative estimate of drug-likeness (QED) is 0.696. The van der Waals surface area contributed by atoms with Gasteiger partial charge in [0.1, 0.15) is 0 Å². The molecule has 1 amide bonds. The van der Waals surface area contributed by atoms with E-state index < -0.39 is 12.1 Å². The van der Waals surface area contributed by atoms with Crippen molar-refractivity contribution < 1.29 is 32.6 Å². The van der Waals surface area contributed by atoms with E-state index in [9.17, 15) is 18.0 Å². The highest BCUT2D eigenvalue weighted by Gasteiger charge is 2.41. The Balaban J connectivity index is 0.000000396. The van der Waals surface area contributed by atoms with Crippen molar-refractivity contribution in [3.8, 4) is 0 Å². The molecule has 3 rings (SSSR count). The van der Waals surface area contributed by atoms with Crippen LogP contribution >= 0.6 is 11.3 Å². The fourth-order valence-corrected chi connectivity index (χ4v) is 4.54. The van der Waals surface area contributed by atoms with Gasteiger partial charge in [-0.2, -0.15) is 13.2 Å². The summed E-state index contributed by atoms with van der Waals surface area (Å²) in [6.07, 6.45) is -2.36. The highest BCUT2D eigenvalue weighted by Crippen LogP contribution is 2.36. The van der Waals surface area contributed by atoms with Gasteiger partial charge in [0.05, 0.1) is 19.1 Å². The predicted molar refractivity (Wildman–Crippen MR) is 107 cm³/mol. The van der Waals surface area contributed by atoms with Gasteiger partial charge >= 0.3 is 12.1 Å². The number of ether oxygens (including phenoxy) is 1. The van der Waals surface area contributed by atoms with E-state index in [0.717, 1.165) is 39.1 Å². The number of thiophene rings is 1. The van der Waals surface area contributed by atoms with E-state index in [1.807, 2.05) is 0 Å². The van der Waals surface area contributed by atoms with Crippen molar-refractivity contribution in [1.82, 2.24) is 10.2 Å². The van der Waals surface area contributed by atoms with Gasteiger partial charge in [-0.05, 0) is 50.6 Å². The molecule has 1 aromatic rings. The first-order valence-electron chi connectivity index (χ1n) is 10.0. The number of fused-ring (bicyclic) bond motifs is 1. The minimum Gasteiger partial charge on any atom is -0.475 e. The number of nitrogens with one attached hydrogen (secondary N) is 1. The summed E-state index contributed by atoms with van der Waals surface area (Å²) in [7, 11) is 0. The summed E-state index contributed by atoms with van der Waals surface area (Å²) in [6.45, 7) is 8.32. The molecule has 2 aliphatic rings. The van der Waals surface area contributed by atoms with E-state index >= 15 is 0 Å². The second kappa shape index (κ2) is 11.1. The molecule has 30 heavy (non-hydrogen) atoms. The van der Waals surface area contributed by atoms with Crippen LogP contribution in [0.1, 0.15) is 31.6 Å². The van der Waals surface area contributed by atoms with Crippen LogP contribution in [0.5, 0.6) is 0 Å². The third kappa shape index (κ3) is 7.55. The van der Waals surface area contributed by atoms with Crippen LogP contribution in [0.15, 0.2) is 17.5 Å². The van der Waals surface area contributed by atoms with Gasteiger partial charge in [0, 0.05) is 29.9 Å². The highest BCUT2D eigenvalue weighted by atomic mass is 32.1. The second-order valence-corrected chi connectivity index (χ2v) is 8.89. The Morgan fingerprint density at radius 2 is 2.10 bits per heavy atom. The van der Waals surface area contributed by atoms with E-state index in [-0.39, 0.29) is 12.0 Å². The first kappa shape index (κ1) is 24.6. The van der Waals surface area contributed by atoms with Gasteiger partial charge in [0.15, 0.2) is 0 Å². The van der Waals surface area contributed by atoms with Crippen LogP contribution in [-0.2, 0) is 20.7 Å². The SMILES string of the molecule is CC(C)N1CC[C@@H]2[C@@H](CO[C@H]2CC(=O)NCCc2cccs2)C1.O=C(O)C(F)(F)F. The molecule has 0 spiro atoms. The average molecular weight is 451 g/mol. The molecule has 0 aliphatic carbocycles. The fourth-order valence-electron chi connectivity index (χ4n) is 3.83. The van der Waals surface area contributed by atoms with Gasteiger partial charge in [0.2, 0.25) is 5.91 Å². The number of carbonyl (C=O) groups excluding carboxylic acids is 1. The van der Waals surface area contributed by atoms with E-state index in [1.54, 1.807) is 11.3 Å². The van der Waals surface area contributed by atoms with Gasteiger partial charge in [-0.1, -0.05) is 6.07 Å². The number of likely N-dealkylation sites (tertiary alicyclic amines) is 1. The molecule has 3 atom stereocenters. The molecular weight excluding hydrogens is 421 g/mol. The summed E-state index contributed by atoms with van der Waals surface area (Å²) in [6, 6.07) is 4.78. The van der Waals surface area contributed by atoms with Gasteiger partial charge < -0.3 is 20.1 Å². The van der Waals surface area contributed by atoms with Crippen molar-refractivity contribution in [3.63, 3.8) is 0 Å². The molecule has 0 unspecified atom stereocenters. The lowest BCUT2D eigenvalue weighted by Crippen LogP contribution is -2.45. The summed E-state index contributed by atoms with van der Waals surface area (Å²) >= 11 is 1.74. The van der Waals surface area contributed by atoms with Gasteiger partial charge in [-0.3, -0.25) is 4.79 Å². The zero-order valence-electron chi connectivity index (χ0n) is 17.2. The highest BCUT2D eigenvalue weighted by molar-refractivity contribution is 7.09. The van der Waals surface area contributed by atoms with Crippen molar-refractivity contribution in [3.05, 3.63) is 22.4 Å². The van der Waals surface area contributed by atoms with E-state index in [4.69, 9.17) is 14.6 Å². The van der Waals surface area contributed by atoms with Gasteiger partial charge in [-0.15, -0.1) is 11.3 Å². The van der Waals surface area contributed by atoms with Crippen molar-refractivity contribution >= 4 is 23.2 Å². The van der Waals surface area contributed by atoms with Crippen LogP contribution in [0.2, 0.25) is 0 Å². The number of amides is 1. The van der Waals surface area contributed by atoms with Crippen LogP contribution < -0.4 is 5.32 Å². The molecule has 2 aliphatic heterocycles. The normalized spacial score (nSPS) is 24.1. The number of nitrogens with zero attached hydrogens (tertiary/aromatic N) is 1. The Kier molecular flexibility index (Phi) is 9.11. The molecule has 3 heterocycles. The molecular formula is C20H29F3N2O4S. The topological polar surface area (TPSA) is 78.9 Å². The molecule has 0 saturated carbocycles. The van der Waals surface area contributed by atoms with Crippen LogP contribution in [0, 0.1) is 11.8 Å². The van der Waals surface area contributed by atoms with E-state index in [1.165, 1.54) is 4.88 Å². The summed E-state index contributed by atoms with van der Waals surface area (Å²) in [5.74, 6) is -1.45. The van der Waals surface area contributed by atoms with Crippen molar-refractivity contribution in [2.24, 2.45) is 11.8 Å². The Bertz CT molecular complexity index is 682. The lowest BCUT2D eigenvalue weighted by Gasteiger charge is -2.37. The molecule has 2 saturated heterocycles. The van der Waals surface area contributed by atoms with Crippen LogP contribution in [0.4, 0.5) is 13.2 Å². The Hall–Kier alpha value is -1.65. The van der Waals surface area contributed by atoms with Crippen molar-refractivity contribution in [2.45, 2.75) is 51.4 Å². The molecule has 0 radical (unpaired) electrons. The lowest BCUT2D eigenvalue weighted by molar-refractivity contribution is -0.192. The van der Waals surface area contributed by atoms with Gasteiger partial charge in [-0.25, -0.2) is 4.79 Å². The predicted octanol–water partition coefficient (Wildman–Crippen LogP) is 3.18. The number of halogens is 3. The number of hydrogen-bond donors (Lipinski definition) is 2. The number of carboxylic acids is 1. The maximum atomic E-state index is 12.2. The Morgan fingerprint density at radius 3 is 2.67 bits per heavy atom. The smallest absolute Gasteiger partial charge is 0.475 e. The van der Waals surface area contributed by atoms with E-state index in [0.29, 0.717) is 24.3 Å². The Labute approximate surface area is 178 Å². The molecule has 0 bridgehead atoms. The molecule has 2 fully saturated rings. The lowest BCUT2D eigenvalue weighted by atomic mass is 9.83. The average Bonchev–Trinajstić information content (AvgIpc) is 3.31. The Morgan fingerprint density at radius 1 is 1.40 bits per heavy atom. The van der Waals surface area contributed by atoms with Crippen molar-refractivity contribution in [1.29, 1.82) is 0 Å². The standard InChI is InChI=1S/C18H28N2O2S.C2HF3O2/c1-13(2)20-8-6-16-14(11-20)12-22-17(16)10-18(21)19-7-5-15-4-3-9-23-15;3-2(4,5)1(6)7/h3-4,9,13-14,16-17H,5-8,10-12H2,1-2H3,(H,19,21);(H,6,7)/t14-,16-,17+;/m1./s1. The van der Waals surface area contributed by atoms with Crippen LogP contribution in [-0.4, -0.2) is 66.4 Å². The number of piperidine rings is 1. The third-order valence-electron chi connectivity index (χ3n) is 5.46. The molecule has 170 valence electrons. The van der Waals surface area contributed by atoms with Gasteiger partial charge in [0.25, 0.3) is 0 Å². The number of alkyl halides is 3. The second-order valence-electron chi connectivity index (χ2n) is 7.86. The van der Waals surface area contributed by atoms with E-state index in [2.05, 4.69) is 41.6 Å². The van der Waals surface area contributed by atoms with Crippen LogP contribution in [0.25, 0.3) is 0 Å². The monoisotopic (exact) mass is 450 g/mol. The number of carbonyl (C=O) groups is 2. The first-order valence-corrected chi connectivity index (χ1v) is 10.9. The zero-order valence-corrected chi connectivity index (χ0v) is 18.0. The number of carboxylic acid groups (broad SMARTS) is 1.